The van der Waals surface area contributed by atoms with Gasteiger partial charge in [0, 0.05) is 86.5 Å². The minimum atomic E-state index is 0.394. The van der Waals surface area contributed by atoms with E-state index in [2.05, 4.69) is 480 Å². The number of rotatable bonds is 17. The largest absolute Gasteiger partial charge is 0.295 e. The van der Waals surface area contributed by atoms with E-state index < -0.39 is 0 Å². The fourth-order valence-corrected chi connectivity index (χ4v) is 17.7. The van der Waals surface area contributed by atoms with Gasteiger partial charge in [-0.05, 0) is 168 Å². The highest BCUT2D eigenvalue weighted by molar-refractivity contribution is 5.86. The Bertz CT molecular complexity index is 6250. The van der Waals surface area contributed by atoms with E-state index in [1.807, 2.05) is 0 Å². The second kappa shape index (κ2) is 34.3. The number of para-hydroxylation sites is 7. The van der Waals surface area contributed by atoms with E-state index >= 15 is 0 Å². The quantitative estimate of drug-likeness (QED) is 0.0815. The van der Waals surface area contributed by atoms with Gasteiger partial charge in [-0.3, -0.25) is 0 Å². The second-order valence-electron chi connectivity index (χ2n) is 34.0. The molecule has 9 heteroatoms. The topological polar surface area (TPSA) is 38.1 Å². The van der Waals surface area contributed by atoms with Crippen molar-refractivity contribution in [1.29, 1.82) is 0 Å². The molecule has 0 amide bonds. The average molecular weight is 1540 g/mol. The molecule has 0 saturated heterocycles. The van der Waals surface area contributed by atoms with Crippen molar-refractivity contribution in [1.82, 2.24) is 13.7 Å². The molecular weight excluding hydrogens is 1420 g/mol. The normalized spacial score (nSPS) is 11.6. The minimum Gasteiger partial charge on any atom is -0.232 e. The maximum absolute atomic E-state index is 2.53. The Labute approximate surface area is 696 Å². The number of aryl methyl sites for hydroxylation is 7. The van der Waals surface area contributed by atoms with Gasteiger partial charge in [0.05, 0.1) is 37.8 Å². The monoisotopic (exact) mass is 1540 g/mol. The Hall–Kier alpha value is -12.2. The second-order valence-corrected chi connectivity index (χ2v) is 34.0. The molecule has 0 aliphatic heterocycles. The standard InChI is InChI=1S/C39H41N3.C35H39N3.C34H39N3/c1-26(2)31-17-13-18-32(27(3)4)38(31)42-36-22-12-11-21-35(36)41(7)39(42)34-20-14-19-33(28(34)5)37-25-30(23-24-40(37)6)29-15-9-8-10-16-29;1-24(2)29-15-11-16-30(25(3)4)34(29)38-22-21-37(7)35(38)32-18-12-17-31(26(32)5)33-23-28(19-20-36(33)6)27-13-9-8-10-14-27;1-22(2)26-13-11-14-27(23(3)4)33(26)37-31-18-10-9-17-30(31)36(8)34(37)29-16-12-15-28(25(29)6)32-21-24(5)19-20-35(32)7/h8-27H,1-7H3;8-25H,1-7H3;9-23H,1-8H3/q3*+2. The van der Waals surface area contributed by atoms with Gasteiger partial charge in [0.2, 0.25) is 17.1 Å². The van der Waals surface area contributed by atoms with Crippen LogP contribution < -0.4 is 27.4 Å². The molecule has 9 nitrogen and oxygen atoms in total. The lowest BCUT2D eigenvalue weighted by molar-refractivity contribution is -0.660. The van der Waals surface area contributed by atoms with Crippen LogP contribution in [0.25, 0.3) is 129 Å². The molecular formula is C108H119N9+6. The number of hydrogen-bond acceptors (Lipinski definition) is 0. The molecule has 0 aliphatic carbocycles. The molecule has 16 rings (SSSR count). The summed E-state index contributed by atoms with van der Waals surface area (Å²) in [5.41, 5.74) is 38.3. The third kappa shape index (κ3) is 15.7. The fourth-order valence-electron chi connectivity index (χ4n) is 17.7. The molecule has 6 aromatic heterocycles. The van der Waals surface area contributed by atoms with Crippen LogP contribution in [0.15, 0.2) is 286 Å². The van der Waals surface area contributed by atoms with Crippen molar-refractivity contribution in [2.24, 2.45) is 42.3 Å². The summed E-state index contributed by atoms with van der Waals surface area (Å²) in [4.78, 5) is 0. The van der Waals surface area contributed by atoms with Gasteiger partial charge in [0.25, 0.3) is 17.5 Å². The van der Waals surface area contributed by atoms with Crippen LogP contribution in [-0.4, -0.2) is 13.7 Å². The molecule has 0 aliphatic rings. The summed E-state index contributed by atoms with van der Waals surface area (Å²) in [5.74, 6) is 6.07. The Morgan fingerprint density at radius 3 is 0.906 bits per heavy atom. The van der Waals surface area contributed by atoms with Crippen molar-refractivity contribution >= 4 is 22.1 Å². The van der Waals surface area contributed by atoms with Crippen molar-refractivity contribution < 1.29 is 27.4 Å². The van der Waals surface area contributed by atoms with E-state index in [9.17, 15) is 0 Å². The molecule has 590 valence electrons. The van der Waals surface area contributed by atoms with Crippen molar-refractivity contribution in [2.75, 3.05) is 0 Å². The van der Waals surface area contributed by atoms with Crippen LogP contribution in [-0.2, 0) is 42.3 Å². The Morgan fingerprint density at radius 1 is 0.248 bits per heavy atom. The van der Waals surface area contributed by atoms with Crippen molar-refractivity contribution in [2.45, 2.75) is 146 Å². The van der Waals surface area contributed by atoms with Gasteiger partial charge in [-0.25, -0.2) is 27.4 Å². The molecule has 10 aromatic carbocycles. The van der Waals surface area contributed by atoms with Crippen LogP contribution in [0.3, 0.4) is 0 Å². The third-order valence-corrected chi connectivity index (χ3v) is 24.1. The first kappa shape index (κ1) is 81.4. The molecule has 0 saturated carbocycles. The lowest BCUT2D eigenvalue weighted by Crippen LogP contribution is -2.32. The van der Waals surface area contributed by atoms with Gasteiger partial charge >= 0.3 is 0 Å². The molecule has 0 bridgehead atoms. The summed E-state index contributed by atoms with van der Waals surface area (Å²) in [7, 11) is 13.0. The smallest absolute Gasteiger partial charge is 0.232 e. The Morgan fingerprint density at radius 2 is 0.547 bits per heavy atom. The molecule has 0 fully saturated rings. The van der Waals surface area contributed by atoms with Crippen LogP contribution in [0.4, 0.5) is 0 Å². The van der Waals surface area contributed by atoms with Gasteiger partial charge in [0.1, 0.15) is 50.6 Å². The Balaban J connectivity index is 0.000000145. The van der Waals surface area contributed by atoms with Gasteiger partial charge < -0.3 is 0 Å². The van der Waals surface area contributed by atoms with Crippen molar-refractivity contribution in [3.8, 4) is 107 Å². The van der Waals surface area contributed by atoms with Crippen LogP contribution in [0.1, 0.15) is 174 Å². The molecule has 0 N–H and O–H groups in total. The van der Waals surface area contributed by atoms with Gasteiger partial charge in [-0.15, -0.1) is 0 Å². The minimum absolute atomic E-state index is 0.394. The van der Waals surface area contributed by atoms with E-state index in [4.69, 9.17) is 0 Å². The molecule has 6 heterocycles. The first-order valence-electron chi connectivity index (χ1n) is 42.1. The Kier molecular flexibility index (Phi) is 23.9. The highest BCUT2D eigenvalue weighted by atomic mass is 15.2. The third-order valence-electron chi connectivity index (χ3n) is 24.1. The average Bonchev–Trinajstić information content (AvgIpc) is 1.56. The summed E-state index contributed by atoms with van der Waals surface area (Å²) in [5, 5.41) is 0. The van der Waals surface area contributed by atoms with E-state index in [1.165, 1.54) is 185 Å². The molecule has 117 heavy (non-hydrogen) atoms. The van der Waals surface area contributed by atoms with Crippen LogP contribution in [0.5, 0.6) is 0 Å². The van der Waals surface area contributed by atoms with Gasteiger partial charge in [-0.2, -0.15) is 13.7 Å². The van der Waals surface area contributed by atoms with E-state index in [1.54, 1.807) is 0 Å². The van der Waals surface area contributed by atoms with Gasteiger partial charge in [0.15, 0.2) is 40.7 Å². The predicted molar refractivity (Wildman–Crippen MR) is 486 cm³/mol. The van der Waals surface area contributed by atoms with Crippen molar-refractivity contribution in [3.63, 3.8) is 0 Å². The van der Waals surface area contributed by atoms with Gasteiger partial charge in [-0.1, -0.05) is 241 Å². The lowest BCUT2D eigenvalue weighted by Gasteiger charge is -2.19. The number of nitrogens with zero attached hydrogens (tertiary/aromatic N) is 9. The van der Waals surface area contributed by atoms with Crippen LogP contribution in [0, 0.1) is 27.7 Å². The fraction of sp³-hybridized carbons (Fsp3) is 0.259. The number of pyridine rings is 3. The van der Waals surface area contributed by atoms with E-state index in [0.29, 0.717) is 35.5 Å². The lowest BCUT2D eigenvalue weighted by atomic mass is 9.92. The highest BCUT2D eigenvalue weighted by Gasteiger charge is 2.36. The SMILES string of the molecule is Cc1c(-c2cc(-c3ccccc3)cc[n+]2C)cccc1-c1n(-c2c(C(C)C)cccc2C(C)C)c2ccccc2[n+]1C.Cc1c(-c2cc(-c3ccccc3)cc[n+]2C)cccc1-c1n(-c2c(C(C)C)cccc2C(C)C)cc[n+]1C.Cc1cc[n+](C)c(-c2cccc(-c3n(-c4c(C(C)C)cccc4C(C)C)c4ccccc4[n+]3C)c2C)c1. The maximum atomic E-state index is 2.53. The molecule has 0 radical (unpaired) electrons. The summed E-state index contributed by atoms with van der Waals surface area (Å²) < 4.78 is 21.2. The first-order valence-corrected chi connectivity index (χ1v) is 42.1. The predicted octanol–water partition coefficient (Wildman–Crippen LogP) is 24.0. The van der Waals surface area contributed by atoms with Crippen LogP contribution >= 0.6 is 0 Å². The molecule has 0 unspecified atom stereocenters. The van der Waals surface area contributed by atoms with E-state index in [0.717, 1.165) is 0 Å². The zero-order valence-electron chi connectivity index (χ0n) is 73.1. The summed E-state index contributed by atoms with van der Waals surface area (Å²) >= 11 is 0. The zero-order valence-corrected chi connectivity index (χ0v) is 73.1. The zero-order chi connectivity index (χ0) is 82.9. The summed E-state index contributed by atoms with van der Waals surface area (Å²) in [6.07, 6.45) is 10.9. The summed E-state index contributed by atoms with van der Waals surface area (Å²) in [6, 6.07) is 93.0. The first-order chi connectivity index (χ1) is 56.2. The number of hydrogen-bond donors (Lipinski definition) is 0. The highest BCUT2D eigenvalue weighted by Crippen LogP contribution is 2.43. The number of imidazole rings is 3. The molecule has 0 atom stereocenters. The van der Waals surface area contributed by atoms with E-state index in [-0.39, 0.29) is 0 Å². The molecule has 0 spiro atoms. The van der Waals surface area contributed by atoms with Crippen LogP contribution in [0.2, 0.25) is 0 Å². The maximum Gasteiger partial charge on any atom is 0.295 e. The number of fused-ring (bicyclic) bond motifs is 2. The number of aromatic nitrogens is 9. The number of benzene rings is 10. The summed E-state index contributed by atoms with van der Waals surface area (Å²) in [6.45, 7) is 36.6. The van der Waals surface area contributed by atoms with Crippen molar-refractivity contribution in [3.05, 3.63) is 341 Å². The molecule has 16 aromatic rings.